The zero-order valence-electron chi connectivity index (χ0n) is 43.3. The van der Waals surface area contributed by atoms with Crippen molar-refractivity contribution in [3.63, 3.8) is 0 Å². The maximum Gasteiger partial charge on any atom is 0.306 e. The minimum absolute atomic E-state index is 0.00967. The van der Waals surface area contributed by atoms with Gasteiger partial charge in [0.1, 0.15) is 12.6 Å². The standard InChI is InChI=1S/C59H97NO7/c1-6-8-10-12-14-16-18-20-22-24-26-28-29-30-32-34-36-38-40-42-44-46-48-50-58(62)67-55(53-65-52-51-56(59(63)64)60(3,4)5)54-66-57(61)49-47-45-43-41-39-37-35-33-31-27-25-23-21-19-17-15-13-11-9-7-2/h8,10,14,16-17,19-23,26,28,30,32,36,38,42,44,55-56H,6-7,9,11-13,15,18,24-25,27,29,31,33-35,37,39-41,43,45-54H2,1-5H3/b10-8+,16-14+,19-17+,22-20+,23-21+,28-26+,32-30+,38-36+,44-42+. The molecule has 0 saturated heterocycles. The van der Waals surface area contributed by atoms with E-state index in [2.05, 4.69) is 123 Å². The van der Waals surface area contributed by atoms with Crippen molar-refractivity contribution in [3.05, 3.63) is 109 Å². The van der Waals surface area contributed by atoms with Crippen LogP contribution in [0.5, 0.6) is 0 Å². The Balaban J connectivity index is 4.37. The minimum Gasteiger partial charge on any atom is -0.544 e. The number of esters is 2. The van der Waals surface area contributed by atoms with Crippen molar-refractivity contribution < 1.29 is 38.2 Å². The number of carbonyl (C=O) groups is 3. The summed E-state index contributed by atoms with van der Waals surface area (Å²) in [6.07, 6.45) is 67.0. The molecule has 0 amide bonds. The van der Waals surface area contributed by atoms with Crippen molar-refractivity contribution in [3.8, 4) is 0 Å². The minimum atomic E-state index is -1.14. The van der Waals surface area contributed by atoms with Gasteiger partial charge in [0.2, 0.25) is 0 Å². The molecule has 0 saturated carbocycles. The van der Waals surface area contributed by atoms with E-state index in [9.17, 15) is 19.5 Å². The first-order chi connectivity index (χ1) is 32.6. The Morgan fingerprint density at radius 3 is 1.36 bits per heavy atom. The Hall–Kier alpha value is -4.01. The lowest BCUT2D eigenvalue weighted by molar-refractivity contribution is -0.889. The van der Waals surface area contributed by atoms with Crippen LogP contribution in [0.2, 0.25) is 0 Å². The molecule has 0 spiro atoms. The second kappa shape index (κ2) is 48.4. The van der Waals surface area contributed by atoms with Crippen molar-refractivity contribution in [1.29, 1.82) is 0 Å². The predicted molar refractivity (Wildman–Crippen MR) is 281 cm³/mol. The number of carboxylic acids is 1. The number of likely N-dealkylation sites (N-methyl/N-ethyl adjacent to an activating group) is 1. The van der Waals surface area contributed by atoms with Crippen molar-refractivity contribution in [2.45, 2.75) is 206 Å². The molecule has 0 N–H and O–H groups in total. The second-order valence-electron chi connectivity index (χ2n) is 18.4. The average Bonchev–Trinajstić information content (AvgIpc) is 3.29. The van der Waals surface area contributed by atoms with E-state index in [1.54, 1.807) is 21.1 Å². The number of hydrogen-bond acceptors (Lipinski definition) is 7. The third kappa shape index (κ3) is 46.9. The van der Waals surface area contributed by atoms with Gasteiger partial charge in [-0.3, -0.25) is 9.59 Å². The van der Waals surface area contributed by atoms with Crippen LogP contribution in [0.15, 0.2) is 109 Å². The molecule has 380 valence electrons. The van der Waals surface area contributed by atoms with E-state index in [0.717, 1.165) is 77.0 Å². The summed E-state index contributed by atoms with van der Waals surface area (Å²) in [5.41, 5.74) is 0. The van der Waals surface area contributed by atoms with Gasteiger partial charge < -0.3 is 28.6 Å². The van der Waals surface area contributed by atoms with E-state index in [1.165, 1.54) is 77.0 Å². The molecule has 0 aliphatic rings. The van der Waals surface area contributed by atoms with Crippen LogP contribution in [-0.2, 0) is 28.6 Å². The largest absolute Gasteiger partial charge is 0.544 e. The van der Waals surface area contributed by atoms with Crippen molar-refractivity contribution >= 4 is 17.9 Å². The normalized spacial score (nSPS) is 13.7. The molecular weight excluding hydrogens is 835 g/mol. The van der Waals surface area contributed by atoms with E-state index in [-0.39, 0.29) is 49.1 Å². The van der Waals surface area contributed by atoms with Crippen LogP contribution in [0.4, 0.5) is 0 Å². The summed E-state index contributed by atoms with van der Waals surface area (Å²) in [5.74, 6) is -1.83. The van der Waals surface area contributed by atoms with Gasteiger partial charge in [-0.15, -0.1) is 0 Å². The fourth-order valence-electron chi connectivity index (χ4n) is 7.11. The molecule has 0 aromatic carbocycles. The molecule has 0 aliphatic heterocycles. The Morgan fingerprint density at radius 2 is 0.896 bits per heavy atom. The van der Waals surface area contributed by atoms with Crippen LogP contribution >= 0.6 is 0 Å². The lowest BCUT2D eigenvalue weighted by atomic mass is 10.1. The number of hydrogen-bond donors (Lipinski definition) is 0. The van der Waals surface area contributed by atoms with Crippen LogP contribution in [0.3, 0.4) is 0 Å². The van der Waals surface area contributed by atoms with Gasteiger partial charge in [-0.25, -0.2) is 0 Å². The highest BCUT2D eigenvalue weighted by molar-refractivity contribution is 5.70. The highest BCUT2D eigenvalue weighted by Crippen LogP contribution is 2.14. The Labute approximate surface area is 410 Å². The number of quaternary nitrogens is 1. The van der Waals surface area contributed by atoms with Crippen molar-refractivity contribution in [1.82, 2.24) is 0 Å². The summed E-state index contributed by atoms with van der Waals surface area (Å²) in [4.78, 5) is 37.1. The summed E-state index contributed by atoms with van der Waals surface area (Å²) < 4.78 is 17.2. The van der Waals surface area contributed by atoms with Crippen LogP contribution < -0.4 is 5.11 Å². The highest BCUT2D eigenvalue weighted by atomic mass is 16.6. The molecular formula is C59H97NO7. The van der Waals surface area contributed by atoms with E-state index >= 15 is 0 Å². The van der Waals surface area contributed by atoms with E-state index in [0.29, 0.717) is 12.8 Å². The first-order valence-corrected chi connectivity index (χ1v) is 26.4. The first kappa shape index (κ1) is 63.0. The monoisotopic (exact) mass is 932 g/mol. The molecule has 67 heavy (non-hydrogen) atoms. The molecule has 8 nitrogen and oxygen atoms in total. The summed E-state index contributed by atoms with van der Waals surface area (Å²) in [7, 11) is 5.39. The smallest absolute Gasteiger partial charge is 0.306 e. The van der Waals surface area contributed by atoms with E-state index < -0.39 is 18.1 Å². The predicted octanol–water partition coefficient (Wildman–Crippen LogP) is 14.3. The summed E-state index contributed by atoms with van der Waals surface area (Å²) >= 11 is 0. The Kier molecular flexibility index (Phi) is 45.5. The lowest BCUT2D eigenvalue weighted by Crippen LogP contribution is -2.55. The van der Waals surface area contributed by atoms with Gasteiger partial charge in [0.25, 0.3) is 0 Å². The fourth-order valence-corrected chi connectivity index (χ4v) is 7.11. The van der Waals surface area contributed by atoms with Gasteiger partial charge in [-0.2, -0.15) is 0 Å². The maximum absolute atomic E-state index is 12.8. The molecule has 0 aromatic heterocycles. The van der Waals surface area contributed by atoms with Gasteiger partial charge >= 0.3 is 11.9 Å². The number of carbonyl (C=O) groups excluding carboxylic acids is 3. The van der Waals surface area contributed by atoms with Crippen LogP contribution in [-0.4, -0.2) is 75.5 Å². The molecule has 0 heterocycles. The number of carboxylic acid groups (broad SMARTS) is 1. The van der Waals surface area contributed by atoms with Crippen molar-refractivity contribution in [2.24, 2.45) is 0 Å². The summed E-state index contributed by atoms with van der Waals surface area (Å²) in [6, 6.07) is -0.744. The third-order valence-corrected chi connectivity index (χ3v) is 11.2. The number of aliphatic carboxylic acids is 1. The quantitative estimate of drug-likeness (QED) is 0.0197. The highest BCUT2D eigenvalue weighted by Gasteiger charge is 2.25. The lowest BCUT2D eigenvalue weighted by Gasteiger charge is -2.34. The summed E-state index contributed by atoms with van der Waals surface area (Å²) in [5, 5.41) is 11.7. The fraction of sp³-hybridized carbons (Fsp3) is 0.644. The van der Waals surface area contributed by atoms with Crippen molar-refractivity contribution in [2.75, 3.05) is 41.0 Å². The van der Waals surface area contributed by atoms with Crippen LogP contribution in [0.1, 0.15) is 194 Å². The maximum atomic E-state index is 12.8. The zero-order valence-corrected chi connectivity index (χ0v) is 43.3. The SMILES string of the molecule is CC/C=C/C/C=C/C/C=C/C/C=C/C/C=C/C/C=C/C/C=C/CCCC(=O)OC(COCCC(C(=O)[O-])[N+](C)(C)C)COC(=O)CCCCCCCCCCCC/C=C/C=C/CCCCCC. The topological polar surface area (TPSA) is 102 Å². The van der Waals surface area contributed by atoms with Crippen LogP contribution in [0.25, 0.3) is 0 Å². The average molecular weight is 932 g/mol. The Morgan fingerprint density at radius 1 is 0.478 bits per heavy atom. The van der Waals surface area contributed by atoms with Gasteiger partial charge in [-0.05, 0) is 89.9 Å². The van der Waals surface area contributed by atoms with Gasteiger partial charge in [-0.1, -0.05) is 194 Å². The second-order valence-corrected chi connectivity index (χ2v) is 18.4. The van der Waals surface area contributed by atoms with Gasteiger partial charge in [0, 0.05) is 19.3 Å². The first-order valence-electron chi connectivity index (χ1n) is 26.4. The number of ether oxygens (including phenoxy) is 3. The molecule has 0 aromatic rings. The Bertz CT molecular complexity index is 1460. The van der Waals surface area contributed by atoms with Gasteiger partial charge in [0.05, 0.1) is 40.3 Å². The molecule has 0 fully saturated rings. The molecule has 0 radical (unpaired) electrons. The molecule has 0 bridgehead atoms. The van der Waals surface area contributed by atoms with Crippen LogP contribution in [0, 0.1) is 0 Å². The number of allylic oxidation sites excluding steroid dienone is 18. The molecule has 0 aliphatic carbocycles. The number of unbranched alkanes of at least 4 members (excludes halogenated alkanes) is 15. The zero-order chi connectivity index (χ0) is 49.2. The van der Waals surface area contributed by atoms with E-state index in [1.807, 2.05) is 0 Å². The molecule has 0 rings (SSSR count). The number of rotatable bonds is 46. The molecule has 2 atom stereocenters. The van der Waals surface area contributed by atoms with E-state index in [4.69, 9.17) is 14.2 Å². The molecule has 2 unspecified atom stereocenters. The molecule has 8 heteroatoms. The number of nitrogens with zero attached hydrogens (tertiary/aromatic N) is 1. The summed E-state index contributed by atoms with van der Waals surface area (Å²) in [6.45, 7) is 4.46. The van der Waals surface area contributed by atoms with Gasteiger partial charge in [0.15, 0.2) is 6.10 Å². The third-order valence-electron chi connectivity index (χ3n) is 11.2.